The molecule has 2 aromatic rings. The number of rotatable bonds is 1. The number of fused-ring (bicyclic) bond motifs is 1. The van der Waals surface area contributed by atoms with Crippen molar-refractivity contribution >= 4 is 10.9 Å². The SMILES string of the molecule is Cn1cc(C2(C#N)CCCCCC2)c2ccccc21. The smallest absolute Gasteiger partial charge is 0.0843 e. The van der Waals surface area contributed by atoms with Crippen molar-refractivity contribution in [2.45, 2.75) is 43.9 Å². The maximum absolute atomic E-state index is 9.83. The second kappa shape index (κ2) is 4.74. The molecule has 1 fully saturated rings. The summed E-state index contributed by atoms with van der Waals surface area (Å²) in [7, 11) is 2.08. The molecule has 1 aromatic carbocycles. The van der Waals surface area contributed by atoms with Crippen LogP contribution in [-0.4, -0.2) is 4.57 Å². The Morgan fingerprint density at radius 2 is 1.79 bits per heavy atom. The summed E-state index contributed by atoms with van der Waals surface area (Å²) < 4.78 is 2.16. The second-order valence-electron chi connectivity index (χ2n) is 5.78. The summed E-state index contributed by atoms with van der Waals surface area (Å²) in [5.41, 5.74) is 2.21. The monoisotopic (exact) mass is 252 g/mol. The van der Waals surface area contributed by atoms with Crippen molar-refractivity contribution in [3.63, 3.8) is 0 Å². The van der Waals surface area contributed by atoms with Crippen LogP contribution in [0, 0.1) is 11.3 Å². The van der Waals surface area contributed by atoms with E-state index in [0.29, 0.717) is 0 Å². The molecule has 3 rings (SSSR count). The molecular weight excluding hydrogens is 232 g/mol. The summed E-state index contributed by atoms with van der Waals surface area (Å²) in [4.78, 5) is 0. The minimum atomic E-state index is -0.267. The molecular formula is C17H20N2. The van der Waals surface area contributed by atoms with E-state index in [4.69, 9.17) is 0 Å². The number of benzene rings is 1. The summed E-state index contributed by atoms with van der Waals surface area (Å²) in [6.07, 6.45) is 9.10. The maximum Gasteiger partial charge on any atom is 0.0843 e. The highest BCUT2D eigenvalue weighted by Crippen LogP contribution is 2.41. The first-order valence-electron chi connectivity index (χ1n) is 7.23. The first-order chi connectivity index (χ1) is 9.27. The largest absolute Gasteiger partial charge is 0.350 e. The predicted molar refractivity (Wildman–Crippen MR) is 77.9 cm³/mol. The van der Waals surface area contributed by atoms with Gasteiger partial charge in [-0.25, -0.2) is 0 Å². The van der Waals surface area contributed by atoms with E-state index in [-0.39, 0.29) is 5.41 Å². The van der Waals surface area contributed by atoms with E-state index in [0.717, 1.165) is 12.8 Å². The molecule has 0 spiro atoms. The Labute approximate surface area is 114 Å². The molecule has 1 saturated carbocycles. The van der Waals surface area contributed by atoms with Gasteiger partial charge in [-0.2, -0.15) is 5.26 Å². The van der Waals surface area contributed by atoms with Crippen LogP contribution >= 0.6 is 0 Å². The van der Waals surface area contributed by atoms with Crippen LogP contribution in [0.3, 0.4) is 0 Å². The first-order valence-corrected chi connectivity index (χ1v) is 7.23. The Hall–Kier alpha value is -1.75. The molecule has 0 bridgehead atoms. The minimum absolute atomic E-state index is 0.267. The van der Waals surface area contributed by atoms with Gasteiger partial charge >= 0.3 is 0 Å². The van der Waals surface area contributed by atoms with Crippen LogP contribution < -0.4 is 0 Å². The lowest BCUT2D eigenvalue weighted by Gasteiger charge is -2.24. The number of aryl methyl sites for hydroxylation is 1. The van der Waals surface area contributed by atoms with Crippen molar-refractivity contribution in [3.8, 4) is 6.07 Å². The maximum atomic E-state index is 9.83. The molecule has 98 valence electrons. The van der Waals surface area contributed by atoms with Crippen LogP contribution in [0.2, 0.25) is 0 Å². The topological polar surface area (TPSA) is 28.7 Å². The lowest BCUT2D eigenvalue weighted by molar-refractivity contribution is 0.477. The highest BCUT2D eigenvalue weighted by atomic mass is 14.9. The zero-order valence-electron chi connectivity index (χ0n) is 11.5. The van der Waals surface area contributed by atoms with Gasteiger partial charge in [-0.15, -0.1) is 0 Å². The molecule has 2 nitrogen and oxygen atoms in total. The first kappa shape index (κ1) is 12.3. The molecule has 0 unspecified atom stereocenters. The van der Waals surface area contributed by atoms with Crippen molar-refractivity contribution in [1.82, 2.24) is 4.57 Å². The third-order valence-electron chi connectivity index (χ3n) is 4.58. The average Bonchev–Trinajstić information content (AvgIpc) is 2.66. The predicted octanol–water partition coefficient (Wildman–Crippen LogP) is 4.29. The molecule has 1 heterocycles. The molecule has 0 N–H and O–H groups in total. The summed E-state index contributed by atoms with van der Waals surface area (Å²) in [6.45, 7) is 0. The normalized spacial score (nSPS) is 18.9. The van der Waals surface area contributed by atoms with Crippen LogP contribution in [0.5, 0.6) is 0 Å². The summed E-state index contributed by atoms with van der Waals surface area (Å²) in [5, 5.41) is 11.1. The number of para-hydroxylation sites is 1. The standard InChI is InChI=1S/C17H20N2/c1-19-12-15(14-8-4-5-9-16(14)19)17(13-18)10-6-2-3-7-11-17/h4-5,8-9,12H,2-3,6-7,10-11H2,1H3. The van der Waals surface area contributed by atoms with E-state index >= 15 is 0 Å². The fourth-order valence-electron chi connectivity index (χ4n) is 3.50. The molecule has 0 atom stereocenters. The molecule has 1 aromatic heterocycles. The number of nitriles is 1. The van der Waals surface area contributed by atoms with Gasteiger partial charge in [-0.05, 0) is 24.5 Å². The third-order valence-corrected chi connectivity index (χ3v) is 4.58. The zero-order valence-corrected chi connectivity index (χ0v) is 11.5. The van der Waals surface area contributed by atoms with Crippen molar-refractivity contribution in [2.75, 3.05) is 0 Å². The Morgan fingerprint density at radius 3 is 2.47 bits per heavy atom. The number of hydrogen-bond acceptors (Lipinski definition) is 1. The highest BCUT2D eigenvalue weighted by Gasteiger charge is 2.35. The van der Waals surface area contributed by atoms with Gasteiger partial charge in [-0.1, -0.05) is 43.9 Å². The van der Waals surface area contributed by atoms with Gasteiger partial charge < -0.3 is 4.57 Å². The van der Waals surface area contributed by atoms with Gasteiger partial charge in [0.05, 0.1) is 11.5 Å². The Balaban J connectivity index is 2.19. The van der Waals surface area contributed by atoms with Gasteiger partial charge in [0.25, 0.3) is 0 Å². The van der Waals surface area contributed by atoms with E-state index in [1.807, 2.05) is 0 Å². The third kappa shape index (κ3) is 1.94. The molecule has 1 aliphatic rings. The number of hydrogen-bond donors (Lipinski definition) is 0. The van der Waals surface area contributed by atoms with Crippen molar-refractivity contribution in [2.24, 2.45) is 7.05 Å². The highest BCUT2D eigenvalue weighted by molar-refractivity contribution is 5.85. The van der Waals surface area contributed by atoms with Crippen molar-refractivity contribution in [1.29, 1.82) is 5.26 Å². The van der Waals surface area contributed by atoms with Crippen LogP contribution in [0.4, 0.5) is 0 Å². The van der Waals surface area contributed by atoms with Gasteiger partial charge in [0.1, 0.15) is 0 Å². The lowest BCUT2D eigenvalue weighted by atomic mass is 9.75. The fourth-order valence-corrected chi connectivity index (χ4v) is 3.50. The van der Waals surface area contributed by atoms with Gasteiger partial charge in [0, 0.05) is 24.1 Å². The van der Waals surface area contributed by atoms with Crippen LogP contribution in [0.15, 0.2) is 30.5 Å². The summed E-state index contributed by atoms with van der Waals surface area (Å²) >= 11 is 0. The molecule has 0 saturated heterocycles. The van der Waals surface area contributed by atoms with E-state index in [1.165, 1.54) is 42.1 Å². The van der Waals surface area contributed by atoms with Gasteiger partial charge in [-0.3, -0.25) is 0 Å². The summed E-state index contributed by atoms with van der Waals surface area (Å²) in [5.74, 6) is 0. The lowest BCUT2D eigenvalue weighted by Crippen LogP contribution is -2.22. The number of nitrogens with zero attached hydrogens (tertiary/aromatic N) is 2. The Kier molecular flexibility index (Phi) is 3.06. The molecule has 0 radical (unpaired) electrons. The van der Waals surface area contributed by atoms with Crippen molar-refractivity contribution in [3.05, 3.63) is 36.0 Å². The average molecular weight is 252 g/mol. The van der Waals surface area contributed by atoms with E-state index in [9.17, 15) is 5.26 Å². The summed E-state index contributed by atoms with van der Waals surface area (Å²) in [6, 6.07) is 11.1. The van der Waals surface area contributed by atoms with E-state index < -0.39 is 0 Å². The van der Waals surface area contributed by atoms with E-state index in [2.05, 4.69) is 48.1 Å². The van der Waals surface area contributed by atoms with Crippen LogP contribution in [-0.2, 0) is 12.5 Å². The second-order valence-corrected chi connectivity index (χ2v) is 5.78. The van der Waals surface area contributed by atoms with Crippen LogP contribution in [0.25, 0.3) is 10.9 Å². The van der Waals surface area contributed by atoms with Gasteiger partial charge in [0.15, 0.2) is 0 Å². The molecule has 0 amide bonds. The van der Waals surface area contributed by atoms with Crippen LogP contribution in [0.1, 0.15) is 44.1 Å². The molecule has 0 aliphatic heterocycles. The van der Waals surface area contributed by atoms with Gasteiger partial charge in [0.2, 0.25) is 0 Å². The number of aromatic nitrogens is 1. The minimum Gasteiger partial charge on any atom is -0.350 e. The molecule has 1 aliphatic carbocycles. The Bertz CT molecular complexity index is 622. The Morgan fingerprint density at radius 1 is 1.11 bits per heavy atom. The van der Waals surface area contributed by atoms with E-state index in [1.54, 1.807) is 0 Å². The van der Waals surface area contributed by atoms with Crippen molar-refractivity contribution < 1.29 is 0 Å². The zero-order chi connectivity index (χ0) is 13.3. The molecule has 2 heteroatoms. The fraction of sp³-hybridized carbons (Fsp3) is 0.471. The quantitative estimate of drug-likeness (QED) is 0.696. The molecule has 19 heavy (non-hydrogen) atoms.